The minimum atomic E-state index is -0.326. The Hall–Kier alpha value is -2.21. The summed E-state index contributed by atoms with van der Waals surface area (Å²) in [6.45, 7) is 12.6. The van der Waals surface area contributed by atoms with Crippen LogP contribution in [-0.2, 0) is 11.2 Å². The van der Waals surface area contributed by atoms with Gasteiger partial charge in [0.05, 0.1) is 0 Å². The molecule has 2 aromatic rings. The van der Waals surface area contributed by atoms with E-state index in [1.165, 1.54) is 6.07 Å². The predicted octanol–water partition coefficient (Wildman–Crippen LogP) is 4.60. The average Bonchev–Trinajstić information content (AvgIpc) is 2.70. The highest BCUT2D eigenvalue weighted by molar-refractivity contribution is 6.31. The van der Waals surface area contributed by atoms with Crippen molar-refractivity contribution in [3.63, 3.8) is 0 Å². The second-order valence-electron chi connectivity index (χ2n) is 8.47. The highest BCUT2D eigenvalue weighted by Gasteiger charge is 2.27. The van der Waals surface area contributed by atoms with Crippen LogP contribution in [0, 0.1) is 18.7 Å². The first-order valence-corrected chi connectivity index (χ1v) is 10.9. The molecule has 1 aromatic carbocycles. The number of rotatable bonds is 5. The zero-order chi connectivity index (χ0) is 22.0. The van der Waals surface area contributed by atoms with E-state index in [-0.39, 0.29) is 23.6 Å². The molecule has 3 rings (SSSR count). The lowest BCUT2D eigenvalue weighted by atomic mass is 10.0. The lowest BCUT2D eigenvalue weighted by Crippen LogP contribution is -2.50. The van der Waals surface area contributed by atoms with E-state index in [0.29, 0.717) is 43.2 Å². The van der Waals surface area contributed by atoms with Crippen molar-refractivity contribution < 1.29 is 9.18 Å². The molecule has 1 aromatic heterocycles. The van der Waals surface area contributed by atoms with Gasteiger partial charge < -0.3 is 9.80 Å². The number of amides is 1. The molecule has 1 aliphatic rings. The second-order valence-corrected chi connectivity index (χ2v) is 8.88. The summed E-state index contributed by atoms with van der Waals surface area (Å²) in [7, 11) is 0. The molecule has 0 atom stereocenters. The van der Waals surface area contributed by atoms with Gasteiger partial charge in [-0.25, -0.2) is 14.4 Å². The van der Waals surface area contributed by atoms with Crippen molar-refractivity contribution in [1.29, 1.82) is 0 Å². The van der Waals surface area contributed by atoms with Gasteiger partial charge in [0.15, 0.2) is 0 Å². The topological polar surface area (TPSA) is 49.3 Å². The number of carbonyl (C=O) groups excluding carboxylic acids is 1. The molecule has 0 aliphatic carbocycles. The lowest BCUT2D eigenvalue weighted by Gasteiger charge is -2.37. The molecular formula is C23H30ClFN4O. The number of piperazine rings is 1. The fourth-order valence-electron chi connectivity index (χ4n) is 3.71. The largest absolute Gasteiger partial charge is 0.353 e. The van der Waals surface area contributed by atoms with Crippen LogP contribution in [0.4, 0.5) is 10.2 Å². The molecule has 7 heteroatoms. The molecular weight excluding hydrogens is 403 g/mol. The zero-order valence-corrected chi connectivity index (χ0v) is 19.1. The van der Waals surface area contributed by atoms with E-state index in [9.17, 15) is 9.18 Å². The van der Waals surface area contributed by atoms with Crippen LogP contribution in [0.15, 0.2) is 18.2 Å². The van der Waals surface area contributed by atoms with Gasteiger partial charge in [-0.05, 0) is 19.1 Å². The molecule has 0 bridgehead atoms. The standard InChI is InChI=1S/C23H30ClFN4O/c1-14(2)21-26-16(5)17(13-18-19(24)7-6-8-20(18)25)22(27-21)28-9-11-29(12-10-28)23(30)15(3)4/h6-8,14-15H,9-13H2,1-5H3. The molecule has 1 aliphatic heterocycles. The van der Waals surface area contributed by atoms with Crippen molar-refractivity contribution in [1.82, 2.24) is 14.9 Å². The van der Waals surface area contributed by atoms with Crippen LogP contribution in [0.1, 0.15) is 56.3 Å². The SMILES string of the molecule is Cc1nc(C(C)C)nc(N2CCN(C(=O)C(C)C)CC2)c1Cc1c(F)cccc1Cl. The van der Waals surface area contributed by atoms with Gasteiger partial charge in [0.2, 0.25) is 5.91 Å². The van der Waals surface area contributed by atoms with Gasteiger partial charge >= 0.3 is 0 Å². The molecule has 0 unspecified atom stereocenters. The predicted molar refractivity (Wildman–Crippen MR) is 119 cm³/mol. The van der Waals surface area contributed by atoms with Crippen LogP contribution in [0.3, 0.4) is 0 Å². The number of halogens is 2. The van der Waals surface area contributed by atoms with Gasteiger partial charge in [0.1, 0.15) is 17.5 Å². The lowest BCUT2D eigenvalue weighted by molar-refractivity contribution is -0.134. The Morgan fingerprint density at radius 3 is 2.33 bits per heavy atom. The summed E-state index contributed by atoms with van der Waals surface area (Å²) < 4.78 is 14.5. The van der Waals surface area contributed by atoms with E-state index in [4.69, 9.17) is 16.6 Å². The van der Waals surface area contributed by atoms with E-state index in [1.807, 2.05) is 25.7 Å². The van der Waals surface area contributed by atoms with Crippen LogP contribution in [0.2, 0.25) is 5.02 Å². The Kier molecular flexibility index (Phi) is 6.96. The van der Waals surface area contributed by atoms with Crippen LogP contribution in [-0.4, -0.2) is 47.0 Å². The fourth-order valence-corrected chi connectivity index (χ4v) is 3.94. The van der Waals surface area contributed by atoms with Gasteiger partial charge in [-0.15, -0.1) is 0 Å². The van der Waals surface area contributed by atoms with Crippen LogP contribution in [0.5, 0.6) is 0 Å². The Morgan fingerprint density at radius 2 is 1.77 bits per heavy atom. The summed E-state index contributed by atoms with van der Waals surface area (Å²) in [5.74, 6) is 1.61. The molecule has 1 saturated heterocycles. The average molecular weight is 433 g/mol. The minimum Gasteiger partial charge on any atom is -0.353 e. The van der Waals surface area contributed by atoms with Crippen LogP contribution < -0.4 is 4.90 Å². The quantitative estimate of drug-likeness (QED) is 0.693. The van der Waals surface area contributed by atoms with Crippen molar-refractivity contribution in [2.24, 2.45) is 5.92 Å². The monoisotopic (exact) mass is 432 g/mol. The van der Waals surface area contributed by atoms with E-state index < -0.39 is 0 Å². The van der Waals surface area contributed by atoms with Gasteiger partial charge in [0, 0.05) is 66.3 Å². The van der Waals surface area contributed by atoms with Crippen molar-refractivity contribution in [2.75, 3.05) is 31.1 Å². The van der Waals surface area contributed by atoms with Gasteiger partial charge in [-0.3, -0.25) is 4.79 Å². The minimum absolute atomic E-state index is 0.0100. The second kappa shape index (κ2) is 9.29. The van der Waals surface area contributed by atoms with E-state index in [2.05, 4.69) is 23.7 Å². The molecule has 5 nitrogen and oxygen atoms in total. The van der Waals surface area contributed by atoms with Crippen molar-refractivity contribution >= 4 is 23.3 Å². The first-order chi connectivity index (χ1) is 14.2. The number of hydrogen-bond acceptors (Lipinski definition) is 4. The molecule has 1 amide bonds. The maximum Gasteiger partial charge on any atom is 0.225 e. The van der Waals surface area contributed by atoms with Gasteiger partial charge in [-0.2, -0.15) is 0 Å². The molecule has 1 fully saturated rings. The van der Waals surface area contributed by atoms with Crippen molar-refractivity contribution in [2.45, 2.75) is 47.0 Å². The van der Waals surface area contributed by atoms with Crippen LogP contribution >= 0.6 is 11.6 Å². The number of aryl methyl sites for hydroxylation is 1. The normalized spacial score (nSPS) is 14.7. The van der Waals surface area contributed by atoms with E-state index >= 15 is 0 Å². The molecule has 0 radical (unpaired) electrons. The van der Waals surface area contributed by atoms with Gasteiger partial charge in [-0.1, -0.05) is 45.4 Å². The summed E-state index contributed by atoms with van der Waals surface area (Å²) in [5, 5.41) is 0.403. The first-order valence-electron chi connectivity index (χ1n) is 10.5. The molecule has 0 saturated carbocycles. The zero-order valence-electron chi connectivity index (χ0n) is 18.4. The number of nitrogens with zero attached hydrogens (tertiary/aromatic N) is 4. The smallest absolute Gasteiger partial charge is 0.225 e. The molecule has 0 spiro atoms. The van der Waals surface area contributed by atoms with Crippen LogP contribution in [0.25, 0.3) is 0 Å². The third-order valence-electron chi connectivity index (χ3n) is 5.53. The summed E-state index contributed by atoms with van der Waals surface area (Å²) >= 11 is 6.30. The van der Waals surface area contributed by atoms with E-state index in [0.717, 1.165) is 22.9 Å². The molecule has 162 valence electrons. The third kappa shape index (κ3) is 4.75. The third-order valence-corrected chi connectivity index (χ3v) is 5.88. The Morgan fingerprint density at radius 1 is 1.10 bits per heavy atom. The fraction of sp³-hybridized carbons (Fsp3) is 0.522. The van der Waals surface area contributed by atoms with Crippen molar-refractivity contribution in [3.05, 3.63) is 51.7 Å². The number of carbonyl (C=O) groups is 1. The highest BCUT2D eigenvalue weighted by Crippen LogP contribution is 2.30. The number of anilines is 1. The maximum absolute atomic E-state index is 14.5. The molecule has 2 heterocycles. The molecule has 30 heavy (non-hydrogen) atoms. The number of benzene rings is 1. The number of hydrogen-bond donors (Lipinski definition) is 0. The Balaban J connectivity index is 1.95. The Labute approximate surface area is 183 Å². The summed E-state index contributed by atoms with van der Waals surface area (Å²) in [5.41, 5.74) is 2.18. The van der Waals surface area contributed by atoms with Crippen molar-refractivity contribution in [3.8, 4) is 0 Å². The highest BCUT2D eigenvalue weighted by atomic mass is 35.5. The summed E-state index contributed by atoms with van der Waals surface area (Å²) in [4.78, 5) is 26.0. The maximum atomic E-state index is 14.5. The summed E-state index contributed by atoms with van der Waals surface area (Å²) in [6.07, 6.45) is 0.330. The Bertz CT molecular complexity index is 903. The number of aromatic nitrogens is 2. The van der Waals surface area contributed by atoms with E-state index in [1.54, 1.807) is 12.1 Å². The molecule has 0 N–H and O–H groups in total. The summed E-state index contributed by atoms with van der Waals surface area (Å²) in [6, 6.07) is 4.74. The van der Waals surface area contributed by atoms with Gasteiger partial charge in [0.25, 0.3) is 0 Å². The first kappa shape index (κ1) is 22.5.